The molecule has 0 saturated heterocycles. The van der Waals surface area contributed by atoms with Crippen LogP contribution in [0.2, 0.25) is 0 Å². The standard InChI is InChI=1S/C26H21N9/c1-2-22(27)31-18-10-16(12-29-14-18)17-11-20-24(34-35-25(20)30-13-17)26-32-21-5-3-4-19(23(21)33-26)15-6-8-28-9-7-15/h3-14H,2H2,1H3,(H2,27,31)(H,32,33)(H,30,34,35). The van der Waals surface area contributed by atoms with E-state index in [9.17, 15) is 0 Å². The first kappa shape index (κ1) is 20.7. The Morgan fingerprint density at radius 1 is 0.971 bits per heavy atom. The van der Waals surface area contributed by atoms with Gasteiger partial charge in [0.1, 0.15) is 5.69 Å². The van der Waals surface area contributed by atoms with Crippen LogP contribution < -0.4 is 5.32 Å². The van der Waals surface area contributed by atoms with Crippen molar-refractivity contribution in [2.75, 3.05) is 5.32 Å². The first-order valence-corrected chi connectivity index (χ1v) is 11.2. The predicted octanol–water partition coefficient (Wildman–Crippen LogP) is 5.42. The van der Waals surface area contributed by atoms with Crippen LogP contribution in [0.4, 0.5) is 5.69 Å². The summed E-state index contributed by atoms with van der Waals surface area (Å²) in [4.78, 5) is 21.3. The minimum atomic E-state index is 0.436. The highest BCUT2D eigenvalue weighted by Crippen LogP contribution is 2.32. The Hall–Kier alpha value is -4.92. The molecule has 170 valence electrons. The lowest BCUT2D eigenvalue weighted by atomic mass is 10.1. The van der Waals surface area contributed by atoms with Gasteiger partial charge in [-0.25, -0.2) is 9.97 Å². The van der Waals surface area contributed by atoms with Gasteiger partial charge in [0.05, 0.1) is 34.1 Å². The van der Waals surface area contributed by atoms with Crippen molar-refractivity contribution >= 4 is 33.6 Å². The molecule has 5 heterocycles. The highest BCUT2D eigenvalue weighted by Gasteiger charge is 2.16. The third-order valence-electron chi connectivity index (χ3n) is 5.87. The highest BCUT2D eigenvalue weighted by molar-refractivity contribution is 5.97. The van der Waals surface area contributed by atoms with Gasteiger partial charge in [0.15, 0.2) is 11.5 Å². The Labute approximate surface area is 200 Å². The molecule has 1 aromatic carbocycles. The van der Waals surface area contributed by atoms with Gasteiger partial charge in [0.25, 0.3) is 0 Å². The summed E-state index contributed by atoms with van der Waals surface area (Å²) in [6.07, 6.45) is 9.46. The molecule has 35 heavy (non-hydrogen) atoms. The van der Waals surface area contributed by atoms with Crippen LogP contribution in [0.1, 0.15) is 13.3 Å². The fourth-order valence-electron chi connectivity index (χ4n) is 4.08. The van der Waals surface area contributed by atoms with Crippen LogP contribution in [-0.2, 0) is 0 Å². The number of anilines is 1. The molecule has 0 aliphatic heterocycles. The number of benzene rings is 1. The van der Waals surface area contributed by atoms with Gasteiger partial charge >= 0.3 is 0 Å². The fourth-order valence-corrected chi connectivity index (χ4v) is 4.08. The van der Waals surface area contributed by atoms with Gasteiger partial charge in [0.2, 0.25) is 0 Å². The largest absolute Gasteiger partial charge is 0.343 e. The number of nitrogens with zero attached hydrogens (tertiary/aromatic N) is 5. The van der Waals surface area contributed by atoms with Crippen molar-refractivity contribution in [1.82, 2.24) is 35.1 Å². The first-order valence-electron chi connectivity index (χ1n) is 11.2. The number of hydrogen-bond acceptors (Lipinski definition) is 6. The minimum Gasteiger partial charge on any atom is -0.343 e. The summed E-state index contributed by atoms with van der Waals surface area (Å²) < 4.78 is 0. The molecule has 0 amide bonds. The number of pyridine rings is 3. The smallest absolute Gasteiger partial charge is 0.159 e. The summed E-state index contributed by atoms with van der Waals surface area (Å²) >= 11 is 0. The molecule has 9 nitrogen and oxygen atoms in total. The molecular weight excluding hydrogens is 438 g/mol. The molecule has 0 aliphatic rings. The van der Waals surface area contributed by atoms with Gasteiger partial charge in [-0.15, -0.1) is 0 Å². The molecule has 9 heteroatoms. The second-order valence-corrected chi connectivity index (χ2v) is 8.13. The van der Waals surface area contributed by atoms with E-state index in [2.05, 4.69) is 41.5 Å². The lowest BCUT2D eigenvalue weighted by molar-refractivity contribution is 1.09. The van der Waals surface area contributed by atoms with E-state index in [1.807, 2.05) is 43.3 Å². The van der Waals surface area contributed by atoms with E-state index in [1.54, 1.807) is 31.0 Å². The Morgan fingerprint density at radius 3 is 2.69 bits per heavy atom. The van der Waals surface area contributed by atoms with Gasteiger partial charge in [-0.05, 0) is 35.9 Å². The zero-order chi connectivity index (χ0) is 23.8. The molecule has 6 rings (SSSR count). The zero-order valence-electron chi connectivity index (χ0n) is 18.9. The average molecular weight is 460 g/mol. The summed E-state index contributed by atoms with van der Waals surface area (Å²) in [5, 5.41) is 19.4. The number of nitrogens with one attached hydrogen (secondary N) is 4. The minimum absolute atomic E-state index is 0.436. The molecule has 0 bridgehead atoms. The van der Waals surface area contributed by atoms with Crippen molar-refractivity contribution in [3.05, 3.63) is 73.4 Å². The topological polar surface area (TPSA) is 132 Å². The molecule has 4 N–H and O–H groups in total. The molecule has 5 aromatic heterocycles. The molecule has 0 radical (unpaired) electrons. The normalized spacial score (nSPS) is 11.2. The van der Waals surface area contributed by atoms with E-state index >= 15 is 0 Å². The Balaban J connectivity index is 1.43. The lowest BCUT2D eigenvalue weighted by Gasteiger charge is -2.07. The molecule has 0 spiro atoms. The maximum Gasteiger partial charge on any atom is 0.159 e. The van der Waals surface area contributed by atoms with Crippen LogP contribution in [0.5, 0.6) is 0 Å². The number of aromatic amines is 2. The van der Waals surface area contributed by atoms with Crippen molar-refractivity contribution in [2.24, 2.45) is 0 Å². The number of rotatable bonds is 5. The van der Waals surface area contributed by atoms with Crippen LogP contribution >= 0.6 is 0 Å². The van der Waals surface area contributed by atoms with Crippen molar-refractivity contribution in [2.45, 2.75) is 13.3 Å². The quantitative estimate of drug-likeness (QED) is 0.201. The van der Waals surface area contributed by atoms with E-state index in [0.717, 1.165) is 44.4 Å². The molecule has 0 unspecified atom stereocenters. The van der Waals surface area contributed by atoms with Crippen molar-refractivity contribution in [3.63, 3.8) is 0 Å². The summed E-state index contributed by atoms with van der Waals surface area (Å²) in [6, 6.07) is 14.0. The predicted molar refractivity (Wildman–Crippen MR) is 137 cm³/mol. The number of para-hydroxylation sites is 1. The molecule has 0 saturated carbocycles. The van der Waals surface area contributed by atoms with Crippen LogP contribution in [0.25, 0.3) is 55.8 Å². The summed E-state index contributed by atoms with van der Waals surface area (Å²) in [5.74, 6) is 1.10. The Bertz CT molecular complexity index is 1680. The second-order valence-electron chi connectivity index (χ2n) is 8.13. The van der Waals surface area contributed by atoms with Crippen molar-refractivity contribution in [3.8, 4) is 33.8 Å². The lowest BCUT2D eigenvalue weighted by Crippen LogP contribution is -2.08. The zero-order valence-corrected chi connectivity index (χ0v) is 18.9. The summed E-state index contributed by atoms with van der Waals surface area (Å²) in [6.45, 7) is 1.93. The Morgan fingerprint density at radius 2 is 1.83 bits per heavy atom. The first-order chi connectivity index (χ1) is 17.2. The van der Waals surface area contributed by atoms with E-state index in [4.69, 9.17) is 10.4 Å². The number of imidazole rings is 1. The molecule has 0 aliphatic carbocycles. The van der Waals surface area contributed by atoms with Crippen LogP contribution in [0.3, 0.4) is 0 Å². The number of amidine groups is 1. The SMILES string of the molecule is CCC(=N)Nc1cncc(-c2cnc3[nH]nc(-c4nc5c(-c6ccncc6)cccc5[nH]4)c3c2)c1. The van der Waals surface area contributed by atoms with Gasteiger partial charge in [-0.3, -0.25) is 20.5 Å². The van der Waals surface area contributed by atoms with Crippen LogP contribution in [0, 0.1) is 5.41 Å². The monoisotopic (exact) mass is 459 g/mol. The molecule has 0 atom stereocenters. The third kappa shape index (κ3) is 3.78. The van der Waals surface area contributed by atoms with E-state index in [-0.39, 0.29) is 0 Å². The maximum absolute atomic E-state index is 7.90. The van der Waals surface area contributed by atoms with Crippen molar-refractivity contribution < 1.29 is 0 Å². The second kappa shape index (κ2) is 8.45. The number of aromatic nitrogens is 7. The molecule has 0 fully saturated rings. The molecular formula is C26H21N9. The van der Waals surface area contributed by atoms with Crippen LogP contribution in [-0.4, -0.2) is 41.0 Å². The van der Waals surface area contributed by atoms with Gasteiger partial charge < -0.3 is 10.3 Å². The fraction of sp³-hybridized carbons (Fsp3) is 0.0769. The number of hydrogen-bond donors (Lipinski definition) is 4. The van der Waals surface area contributed by atoms with E-state index in [1.165, 1.54) is 0 Å². The number of fused-ring (bicyclic) bond motifs is 2. The van der Waals surface area contributed by atoms with Gasteiger partial charge in [0, 0.05) is 47.9 Å². The molecule has 6 aromatic rings. The average Bonchev–Trinajstić information content (AvgIpc) is 3.53. The van der Waals surface area contributed by atoms with Crippen molar-refractivity contribution in [1.29, 1.82) is 5.41 Å². The maximum atomic E-state index is 7.90. The Kier molecular flexibility index (Phi) is 4.99. The van der Waals surface area contributed by atoms with Gasteiger partial charge in [-0.2, -0.15) is 5.10 Å². The summed E-state index contributed by atoms with van der Waals surface area (Å²) in [7, 11) is 0. The van der Waals surface area contributed by atoms with Crippen LogP contribution in [0.15, 0.2) is 73.4 Å². The van der Waals surface area contributed by atoms with Gasteiger partial charge in [-0.1, -0.05) is 19.1 Å². The third-order valence-corrected chi connectivity index (χ3v) is 5.87. The summed E-state index contributed by atoms with van der Waals surface area (Å²) in [5.41, 5.74) is 7.80. The number of H-pyrrole nitrogens is 2. The van der Waals surface area contributed by atoms with E-state index < -0.39 is 0 Å². The van der Waals surface area contributed by atoms with E-state index in [0.29, 0.717) is 29.4 Å². The highest BCUT2D eigenvalue weighted by atomic mass is 15.2.